The first-order valence-corrected chi connectivity index (χ1v) is 5.05. The molecule has 1 fully saturated rings. The highest BCUT2D eigenvalue weighted by molar-refractivity contribution is 6.31. The molecule has 1 saturated carbocycles. The normalized spacial score (nSPS) is 18.6. The smallest absolute Gasteiger partial charge is 0.0814 e. The van der Waals surface area contributed by atoms with Gasteiger partial charge in [-0.05, 0) is 31.4 Å². The monoisotopic (exact) mass is 196 g/mol. The third-order valence-corrected chi connectivity index (χ3v) is 2.61. The minimum absolute atomic E-state index is 0.126. The van der Waals surface area contributed by atoms with Crippen LogP contribution < -0.4 is 0 Å². The van der Waals surface area contributed by atoms with Gasteiger partial charge in [-0.2, -0.15) is 0 Å². The topological polar surface area (TPSA) is 9.23 Å². The Kier molecular flexibility index (Phi) is 2.56. The highest BCUT2D eigenvalue weighted by Crippen LogP contribution is 2.32. The fraction of sp³-hybridized carbons (Fsp3) is 0.455. The molecule has 0 N–H and O–H groups in total. The van der Waals surface area contributed by atoms with Gasteiger partial charge in [0.2, 0.25) is 0 Å². The summed E-state index contributed by atoms with van der Waals surface area (Å²) in [6, 6.07) is 7.86. The van der Waals surface area contributed by atoms with Crippen molar-refractivity contribution in [2.75, 3.05) is 0 Å². The van der Waals surface area contributed by atoms with Crippen LogP contribution in [0.1, 0.15) is 31.4 Å². The lowest BCUT2D eigenvalue weighted by atomic mass is 10.1. The van der Waals surface area contributed by atoms with E-state index in [-0.39, 0.29) is 6.10 Å². The molecule has 2 rings (SSSR count). The van der Waals surface area contributed by atoms with Crippen LogP contribution in [0.25, 0.3) is 0 Å². The van der Waals surface area contributed by atoms with Crippen LogP contribution in [0.5, 0.6) is 0 Å². The average Bonchev–Trinajstić information content (AvgIpc) is 2.89. The molecule has 1 atom stereocenters. The summed E-state index contributed by atoms with van der Waals surface area (Å²) in [7, 11) is 0. The zero-order chi connectivity index (χ0) is 9.26. The number of benzene rings is 1. The molecular formula is C11H13ClO. The van der Waals surface area contributed by atoms with Gasteiger partial charge in [0.25, 0.3) is 0 Å². The van der Waals surface area contributed by atoms with E-state index in [1.807, 2.05) is 24.3 Å². The lowest BCUT2D eigenvalue weighted by Gasteiger charge is -2.13. The van der Waals surface area contributed by atoms with Crippen molar-refractivity contribution in [3.05, 3.63) is 34.9 Å². The lowest BCUT2D eigenvalue weighted by Crippen LogP contribution is -2.01. The molecule has 0 aromatic heterocycles. The summed E-state index contributed by atoms with van der Waals surface area (Å²) in [5.41, 5.74) is 1.09. The Labute approximate surface area is 83.7 Å². The molecule has 1 aliphatic rings. The van der Waals surface area contributed by atoms with Gasteiger partial charge < -0.3 is 4.74 Å². The van der Waals surface area contributed by atoms with E-state index in [1.165, 1.54) is 12.8 Å². The van der Waals surface area contributed by atoms with Gasteiger partial charge in [0.15, 0.2) is 0 Å². The first kappa shape index (κ1) is 9.04. The highest BCUT2D eigenvalue weighted by Gasteiger charge is 2.25. The molecule has 1 aromatic carbocycles. The van der Waals surface area contributed by atoms with Crippen molar-refractivity contribution >= 4 is 11.6 Å². The van der Waals surface area contributed by atoms with Crippen molar-refractivity contribution in [2.24, 2.45) is 0 Å². The van der Waals surface area contributed by atoms with Gasteiger partial charge in [-0.1, -0.05) is 29.8 Å². The van der Waals surface area contributed by atoms with Gasteiger partial charge in [0, 0.05) is 5.02 Å². The summed E-state index contributed by atoms with van der Waals surface area (Å²) >= 11 is 6.04. The quantitative estimate of drug-likeness (QED) is 0.718. The van der Waals surface area contributed by atoms with Crippen LogP contribution in [0.15, 0.2) is 24.3 Å². The summed E-state index contributed by atoms with van der Waals surface area (Å²) in [5, 5.41) is 0.802. The van der Waals surface area contributed by atoms with Crippen LogP contribution in [0.2, 0.25) is 5.02 Å². The van der Waals surface area contributed by atoms with E-state index in [9.17, 15) is 0 Å². The second-order valence-electron chi connectivity index (χ2n) is 3.50. The summed E-state index contributed by atoms with van der Waals surface area (Å²) in [5.74, 6) is 0. The van der Waals surface area contributed by atoms with Crippen LogP contribution in [-0.2, 0) is 4.74 Å². The van der Waals surface area contributed by atoms with Crippen LogP contribution in [-0.4, -0.2) is 6.10 Å². The minimum Gasteiger partial charge on any atom is -0.371 e. The van der Waals surface area contributed by atoms with Gasteiger partial charge >= 0.3 is 0 Å². The molecule has 0 amide bonds. The molecule has 1 nitrogen and oxygen atoms in total. The van der Waals surface area contributed by atoms with E-state index >= 15 is 0 Å². The summed E-state index contributed by atoms with van der Waals surface area (Å²) < 4.78 is 5.74. The Balaban J connectivity index is 2.09. The van der Waals surface area contributed by atoms with E-state index in [4.69, 9.17) is 16.3 Å². The molecule has 0 aliphatic heterocycles. The molecule has 0 saturated heterocycles. The number of hydrogen-bond acceptors (Lipinski definition) is 1. The molecule has 0 bridgehead atoms. The standard InChI is InChI=1S/C11H13ClO/c1-8(13-9-6-7-9)10-4-2-3-5-11(10)12/h2-5,8-9H,6-7H2,1H3. The summed E-state index contributed by atoms with van der Waals surface area (Å²) in [6.07, 6.45) is 3.01. The van der Waals surface area contributed by atoms with Crippen molar-refractivity contribution in [1.82, 2.24) is 0 Å². The maximum atomic E-state index is 6.04. The molecule has 1 aromatic rings. The van der Waals surface area contributed by atoms with E-state index < -0.39 is 0 Å². The van der Waals surface area contributed by atoms with E-state index in [1.54, 1.807) is 0 Å². The van der Waals surface area contributed by atoms with E-state index in [0.29, 0.717) is 6.10 Å². The van der Waals surface area contributed by atoms with Crippen molar-refractivity contribution in [3.8, 4) is 0 Å². The minimum atomic E-state index is 0.126. The number of halogens is 1. The van der Waals surface area contributed by atoms with Gasteiger partial charge in [-0.25, -0.2) is 0 Å². The molecule has 0 heterocycles. The molecule has 0 radical (unpaired) electrons. The van der Waals surface area contributed by atoms with Crippen LogP contribution in [0.4, 0.5) is 0 Å². The second kappa shape index (κ2) is 3.69. The van der Waals surface area contributed by atoms with Crippen LogP contribution in [0, 0.1) is 0 Å². The largest absolute Gasteiger partial charge is 0.371 e. The number of ether oxygens (including phenoxy) is 1. The van der Waals surface area contributed by atoms with Gasteiger partial charge in [-0.15, -0.1) is 0 Å². The third-order valence-electron chi connectivity index (χ3n) is 2.26. The Morgan fingerprint density at radius 2 is 2.08 bits per heavy atom. The predicted octanol–water partition coefficient (Wildman–Crippen LogP) is 3.58. The molecule has 13 heavy (non-hydrogen) atoms. The molecule has 1 unspecified atom stereocenters. The average molecular weight is 197 g/mol. The van der Waals surface area contributed by atoms with Gasteiger partial charge in [0.1, 0.15) is 0 Å². The lowest BCUT2D eigenvalue weighted by molar-refractivity contribution is 0.0520. The van der Waals surface area contributed by atoms with Gasteiger partial charge in [-0.3, -0.25) is 0 Å². The Morgan fingerprint density at radius 3 is 2.69 bits per heavy atom. The Morgan fingerprint density at radius 1 is 1.38 bits per heavy atom. The molecular weight excluding hydrogens is 184 g/mol. The van der Waals surface area contributed by atoms with Crippen molar-refractivity contribution < 1.29 is 4.74 Å². The summed E-state index contributed by atoms with van der Waals surface area (Å²) in [6.45, 7) is 2.06. The summed E-state index contributed by atoms with van der Waals surface area (Å²) in [4.78, 5) is 0. The number of hydrogen-bond donors (Lipinski definition) is 0. The van der Waals surface area contributed by atoms with E-state index in [2.05, 4.69) is 6.92 Å². The second-order valence-corrected chi connectivity index (χ2v) is 3.91. The SMILES string of the molecule is CC(OC1CC1)c1ccccc1Cl. The van der Waals surface area contributed by atoms with Crippen LogP contribution >= 0.6 is 11.6 Å². The zero-order valence-electron chi connectivity index (χ0n) is 7.66. The van der Waals surface area contributed by atoms with Gasteiger partial charge in [0.05, 0.1) is 12.2 Å². The first-order chi connectivity index (χ1) is 6.27. The Hall–Kier alpha value is -0.530. The zero-order valence-corrected chi connectivity index (χ0v) is 8.42. The van der Waals surface area contributed by atoms with E-state index in [0.717, 1.165) is 10.6 Å². The van der Waals surface area contributed by atoms with Crippen molar-refractivity contribution in [1.29, 1.82) is 0 Å². The first-order valence-electron chi connectivity index (χ1n) is 4.67. The fourth-order valence-corrected chi connectivity index (χ4v) is 1.66. The van der Waals surface area contributed by atoms with Crippen LogP contribution in [0.3, 0.4) is 0 Å². The fourth-order valence-electron chi connectivity index (χ4n) is 1.37. The molecule has 0 spiro atoms. The highest BCUT2D eigenvalue weighted by atomic mass is 35.5. The maximum Gasteiger partial charge on any atom is 0.0814 e. The number of rotatable bonds is 3. The maximum absolute atomic E-state index is 6.04. The predicted molar refractivity (Wildman–Crippen MR) is 54.0 cm³/mol. The molecule has 70 valence electrons. The third kappa shape index (κ3) is 2.23. The molecule has 1 aliphatic carbocycles. The van der Waals surface area contributed by atoms with Crippen molar-refractivity contribution in [2.45, 2.75) is 32.0 Å². The van der Waals surface area contributed by atoms with Crippen molar-refractivity contribution in [3.63, 3.8) is 0 Å². The molecule has 2 heteroatoms. The Bertz CT molecular complexity index is 294.